The second kappa shape index (κ2) is 7.85. The average molecular weight is 370 g/mol. The van der Waals surface area contributed by atoms with E-state index in [0.717, 1.165) is 16.9 Å². The molecule has 3 rings (SSSR count). The van der Waals surface area contributed by atoms with Gasteiger partial charge in [-0.05, 0) is 37.1 Å². The highest BCUT2D eigenvalue weighted by Crippen LogP contribution is 2.34. The highest BCUT2D eigenvalue weighted by Gasteiger charge is 2.30. The Hall–Kier alpha value is -2.11. The first kappa shape index (κ1) is 17.7. The van der Waals surface area contributed by atoms with E-state index in [2.05, 4.69) is 19.1 Å². The predicted molar refractivity (Wildman–Crippen MR) is 108 cm³/mol. The number of thiocarbonyl (C=S) groups is 1. The standard InChI is InChI=1S/C20H19NO2S2/c1-3-21-19(22)18(25-20(21)24)12-15-9-6-7-11-17(15)23-13-16-10-5-4-8-14(16)2/h4-12H,3,13H2,1-2H3/b18-12-. The van der Waals surface area contributed by atoms with Crippen molar-refractivity contribution in [3.8, 4) is 5.75 Å². The number of amides is 1. The van der Waals surface area contributed by atoms with Gasteiger partial charge in [0.1, 0.15) is 16.7 Å². The summed E-state index contributed by atoms with van der Waals surface area (Å²) in [6, 6.07) is 15.9. The van der Waals surface area contributed by atoms with E-state index in [-0.39, 0.29) is 5.91 Å². The van der Waals surface area contributed by atoms with Crippen molar-refractivity contribution in [2.75, 3.05) is 6.54 Å². The van der Waals surface area contributed by atoms with E-state index >= 15 is 0 Å². The molecule has 3 nitrogen and oxygen atoms in total. The summed E-state index contributed by atoms with van der Waals surface area (Å²) >= 11 is 6.61. The zero-order valence-electron chi connectivity index (χ0n) is 14.2. The minimum atomic E-state index is -0.0359. The van der Waals surface area contributed by atoms with Gasteiger partial charge in [-0.15, -0.1) is 0 Å². The van der Waals surface area contributed by atoms with Crippen molar-refractivity contribution in [3.05, 3.63) is 70.1 Å². The molecule has 0 atom stereocenters. The van der Waals surface area contributed by atoms with Gasteiger partial charge < -0.3 is 4.74 Å². The topological polar surface area (TPSA) is 29.5 Å². The fourth-order valence-electron chi connectivity index (χ4n) is 2.57. The summed E-state index contributed by atoms with van der Waals surface area (Å²) in [4.78, 5) is 14.6. The zero-order valence-corrected chi connectivity index (χ0v) is 15.8. The quantitative estimate of drug-likeness (QED) is 0.559. The monoisotopic (exact) mass is 369 g/mol. The average Bonchev–Trinajstić information content (AvgIpc) is 2.88. The van der Waals surface area contributed by atoms with Gasteiger partial charge in [-0.25, -0.2) is 0 Å². The first-order valence-corrected chi connectivity index (χ1v) is 9.34. The second-order valence-electron chi connectivity index (χ2n) is 5.68. The number of hydrogen-bond donors (Lipinski definition) is 0. The van der Waals surface area contributed by atoms with Crippen molar-refractivity contribution >= 4 is 40.3 Å². The maximum atomic E-state index is 12.4. The van der Waals surface area contributed by atoms with Crippen molar-refractivity contribution in [3.63, 3.8) is 0 Å². The molecule has 0 bridgehead atoms. The van der Waals surface area contributed by atoms with Gasteiger partial charge in [0.25, 0.3) is 5.91 Å². The molecule has 128 valence electrons. The van der Waals surface area contributed by atoms with Crippen molar-refractivity contribution in [1.29, 1.82) is 0 Å². The van der Waals surface area contributed by atoms with Gasteiger partial charge >= 0.3 is 0 Å². The van der Waals surface area contributed by atoms with Crippen LogP contribution in [-0.2, 0) is 11.4 Å². The van der Waals surface area contributed by atoms with Crippen LogP contribution in [0.1, 0.15) is 23.6 Å². The SMILES string of the molecule is CCN1C(=O)/C(=C/c2ccccc2OCc2ccccc2C)SC1=S. The normalized spacial score (nSPS) is 15.9. The maximum absolute atomic E-state index is 12.4. The van der Waals surface area contributed by atoms with Gasteiger partial charge in [-0.2, -0.15) is 0 Å². The van der Waals surface area contributed by atoms with E-state index in [9.17, 15) is 4.79 Å². The molecule has 2 aromatic rings. The molecule has 25 heavy (non-hydrogen) atoms. The minimum Gasteiger partial charge on any atom is -0.488 e. The summed E-state index contributed by atoms with van der Waals surface area (Å²) in [7, 11) is 0. The molecular formula is C20H19NO2S2. The lowest BCUT2D eigenvalue weighted by Crippen LogP contribution is -2.27. The van der Waals surface area contributed by atoms with Crippen molar-refractivity contribution in [2.45, 2.75) is 20.5 Å². The Balaban J connectivity index is 1.82. The number of benzene rings is 2. The number of nitrogens with zero attached hydrogens (tertiary/aromatic N) is 1. The van der Waals surface area contributed by atoms with E-state index in [4.69, 9.17) is 17.0 Å². The van der Waals surface area contributed by atoms with E-state index in [1.807, 2.05) is 49.4 Å². The lowest BCUT2D eigenvalue weighted by atomic mass is 10.1. The molecule has 0 unspecified atom stereocenters. The van der Waals surface area contributed by atoms with Crippen LogP contribution in [0.4, 0.5) is 0 Å². The first-order valence-electron chi connectivity index (χ1n) is 8.12. The number of likely N-dealkylation sites (N-methyl/N-ethyl adjacent to an activating group) is 1. The van der Waals surface area contributed by atoms with Crippen molar-refractivity contribution in [2.24, 2.45) is 0 Å². The van der Waals surface area contributed by atoms with Crippen molar-refractivity contribution < 1.29 is 9.53 Å². The number of thioether (sulfide) groups is 1. The largest absolute Gasteiger partial charge is 0.488 e. The molecule has 1 amide bonds. The summed E-state index contributed by atoms with van der Waals surface area (Å²) in [6.45, 7) is 5.08. The molecule has 1 saturated heterocycles. The third-order valence-electron chi connectivity index (χ3n) is 4.04. The van der Waals surface area contributed by atoms with Crippen molar-refractivity contribution in [1.82, 2.24) is 4.90 Å². The molecule has 0 aromatic heterocycles. The van der Waals surface area contributed by atoms with Crippen LogP contribution < -0.4 is 4.74 Å². The second-order valence-corrected chi connectivity index (χ2v) is 7.35. The Bertz CT molecular complexity index is 845. The van der Waals surface area contributed by atoms with Gasteiger partial charge in [0, 0.05) is 12.1 Å². The molecular weight excluding hydrogens is 350 g/mol. The summed E-state index contributed by atoms with van der Waals surface area (Å²) < 4.78 is 6.63. The zero-order chi connectivity index (χ0) is 17.8. The molecule has 0 aliphatic carbocycles. The van der Waals surface area contributed by atoms with Crippen LogP contribution in [0.15, 0.2) is 53.4 Å². The summed E-state index contributed by atoms with van der Waals surface area (Å²) in [6.07, 6.45) is 1.86. The molecule has 0 saturated carbocycles. The molecule has 2 aromatic carbocycles. The number of ether oxygens (including phenoxy) is 1. The van der Waals surface area contributed by atoms with Crippen LogP contribution in [0, 0.1) is 6.92 Å². The molecule has 1 heterocycles. The molecule has 0 radical (unpaired) electrons. The van der Waals surface area contributed by atoms with Crippen LogP contribution in [0.3, 0.4) is 0 Å². The lowest BCUT2D eigenvalue weighted by molar-refractivity contribution is -0.121. The van der Waals surface area contributed by atoms with Crippen LogP contribution in [0.2, 0.25) is 0 Å². The molecule has 0 N–H and O–H groups in total. The first-order chi connectivity index (χ1) is 12.1. The van der Waals surface area contributed by atoms with Gasteiger partial charge in [0.15, 0.2) is 0 Å². The van der Waals surface area contributed by atoms with E-state index < -0.39 is 0 Å². The lowest BCUT2D eigenvalue weighted by Gasteiger charge is -2.11. The summed E-state index contributed by atoms with van der Waals surface area (Å²) in [5.41, 5.74) is 3.23. The van der Waals surface area contributed by atoms with Crippen LogP contribution in [0.25, 0.3) is 6.08 Å². The number of rotatable bonds is 5. The number of para-hydroxylation sites is 1. The number of carbonyl (C=O) groups excluding carboxylic acids is 1. The number of carbonyl (C=O) groups is 1. The Kier molecular flexibility index (Phi) is 5.56. The molecule has 5 heteroatoms. The van der Waals surface area contributed by atoms with Crippen LogP contribution >= 0.6 is 24.0 Å². The fraction of sp³-hybridized carbons (Fsp3) is 0.200. The number of aryl methyl sites for hydroxylation is 1. The van der Waals surface area contributed by atoms with Gasteiger partial charge in [-0.1, -0.05) is 66.4 Å². The number of hydrogen-bond acceptors (Lipinski definition) is 4. The summed E-state index contributed by atoms with van der Waals surface area (Å²) in [5.74, 6) is 0.721. The van der Waals surface area contributed by atoms with Gasteiger partial charge in [-0.3, -0.25) is 9.69 Å². The molecule has 1 aliphatic rings. The molecule has 1 aliphatic heterocycles. The highest BCUT2D eigenvalue weighted by molar-refractivity contribution is 8.26. The smallest absolute Gasteiger partial charge is 0.266 e. The Morgan fingerprint density at radius 2 is 1.88 bits per heavy atom. The summed E-state index contributed by atoms with van der Waals surface area (Å²) in [5, 5.41) is 0. The Labute approximate surface area is 157 Å². The maximum Gasteiger partial charge on any atom is 0.266 e. The Morgan fingerprint density at radius 3 is 2.60 bits per heavy atom. The van der Waals surface area contributed by atoms with E-state index in [1.54, 1.807) is 4.90 Å². The van der Waals surface area contributed by atoms with Gasteiger partial charge in [0.2, 0.25) is 0 Å². The highest BCUT2D eigenvalue weighted by atomic mass is 32.2. The minimum absolute atomic E-state index is 0.0359. The van der Waals surface area contributed by atoms with E-state index in [1.165, 1.54) is 17.3 Å². The van der Waals surface area contributed by atoms with Gasteiger partial charge in [0.05, 0.1) is 4.91 Å². The third kappa shape index (κ3) is 3.94. The fourth-order valence-corrected chi connectivity index (χ4v) is 3.95. The Morgan fingerprint density at radius 1 is 1.16 bits per heavy atom. The predicted octanol–water partition coefficient (Wildman–Crippen LogP) is 4.80. The van der Waals surface area contributed by atoms with E-state index in [0.29, 0.717) is 22.4 Å². The molecule has 0 spiro atoms. The van der Waals surface area contributed by atoms with Crippen LogP contribution in [-0.4, -0.2) is 21.7 Å². The third-order valence-corrected chi connectivity index (χ3v) is 5.42. The van der Waals surface area contributed by atoms with Crippen LogP contribution in [0.5, 0.6) is 5.75 Å². The molecule has 1 fully saturated rings.